The topological polar surface area (TPSA) is 81.6 Å². The van der Waals surface area contributed by atoms with Crippen LogP contribution in [0.3, 0.4) is 0 Å². The number of fused-ring (bicyclic) bond motifs is 1. The summed E-state index contributed by atoms with van der Waals surface area (Å²) in [5.41, 5.74) is 6.47. The van der Waals surface area contributed by atoms with Gasteiger partial charge in [0.25, 0.3) is 11.8 Å². The molecule has 7 nitrogen and oxygen atoms in total. The fourth-order valence-electron chi connectivity index (χ4n) is 3.02. The number of halogens is 1. The second kappa shape index (κ2) is 9.09. The van der Waals surface area contributed by atoms with Gasteiger partial charge in [0.05, 0.1) is 24.3 Å². The number of nitrogens with zero attached hydrogens (tertiary/aromatic N) is 1. The second-order valence-corrected chi connectivity index (χ2v) is 7.68. The van der Waals surface area contributed by atoms with Crippen molar-refractivity contribution in [1.82, 2.24) is 15.4 Å². The van der Waals surface area contributed by atoms with Gasteiger partial charge in [0.2, 0.25) is 0 Å². The normalized spacial score (nSPS) is 10.9. The lowest BCUT2D eigenvalue weighted by Crippen LogP contribution is -2.41. The number of rotatable bonds is 6. The highest BCUT2D eigenvalue weighted by Gasteiger charge is 2.18. The fraction of sp³-hybridized carbons (Fsp3) is 0.273. The van der Waals surface area contributed by atoms with Crippen LogP contribution in [-0.4, -0.2) is 30.1 Å². The maximum Gasteiger partial charge on any atom is 0.271 e. The van der Waals surface area contributed by atoms with Gasteiger partial charge < -0.3 is 14.0 Å². The quantitative estimate of drug-likeness (QED) is 0.581. The smallest absolute Gasteiger partial charge is 0.271 e. The fourth-order valence-corrected chi connectivity index (χ4v) is 3.28. The second-order valence-electron chi connectivity index (χ2n) is 7.27. The summed E-state index contributed by atoms with van der Waals surface area (Å²) >= 11 is 6.29. The van der Waals surface area contributed by atoms with E-state index >= 15 is 0 Å². The van der Waals surface area contributed by atoms with Crippen LogP contribution in [0.5, 0.6) is 11.5 Å². The first-order chi connectivity index (χ1) is 14.3. The molecule has 2 amide bonds. The van der Waals surface area contributed by atoms with Crippen molar-refractivity contribution in [3.63, 3.8) is 0 Å². The van der Waals surface area contributed by atoms with Crippen molar-refractivity contribution in [1.29, 1.82) is 0 Å². The third kappa shape index (κ3) is 4.52. The molecule has 8 heteroatoms. The molecule has 0 radical (unpaired) electrons. The Hall–Kier alpha value is -3.19. The van der Waals surface area contributed by atoms with Gasteiger partial charge in [0.15, 0.2) is 11.5 Å². The maximum atomic E-state index is 12.6. The minimum atomic E-state index is -0.529. The van der Waals surface area contributed by atoms with Crippen molar-refractivity contribution in [2.24, 2.45) is 13.0 Å². The van der Waals surface area contributed by atoms with Gasteiger partial charge in [-0.2, -0.15) is 0 Å². The molecular formula is C22H24ClN3O4. The summed E-state index contributed by atoms with van der Waals surface area (Å²) in [4.78, 5) is 25.2. The number of carbonyl (C=O) groups is 2. The first kappa shape index (κ1) is 21.5. The first-order valence-electron chi connectivity index (χ1n) is 9.47. The number of aromatic nitrogens is 1. The Balaban J connectivity index is 1.74. The first-order valence-corrected chi connectivity index (χ1v) is 9.84. The SMILES string of the molecule is COc1cc(C(=O)NNC(=O)c2cn(C)c3ccccc23)cc(Cl)c1OCC(C)C. The number of amides is 2. The predicted octanol–water partition coefficient (Wildman–Crippen LogP) is 3.95. The van der Waals surface area contributed by atoms with E-state index in [1.54, 1.807) is 6.20 Å². The van der Waals surface area contributed by atoms with Crippen LogP contribution in [0.15, 0.2) is 42.6 Å². The van der Waals surface area contributed by atoms with Crippen molar-refractivity contribution < 1.29 is 19.1 Å². The van der Waals surface area contributed by atoms with Crippen molar-refractivity contribution in [3.8, 4) is 11.5 Å². The average Bonchev–Trinajstić information content (AvgIpc) is 3.07. The van der Waals surface area contributed by atoms with E-state index in [2.05, 4.69) is 10.9 Å². The largest absolute Gasteiger partial charge is 0.493 e. The van der Waals surface area contributed by atoms with E-state index in [0.29, 0.717) is 29.6 Å². The molecule has 3 aromatic rings. The summed E-state index contributed by atoms with van der Waals surface area (Å²) in [6.45, 7) is 4.49. The minimum absolute atomic E-state index is 0.229. The zero-order valence-electron chi connectivity index (χ0n) is 17.3. The summed E-state index contributed by atoms with van der Waals surface area (Å²) < 4.78 is 12.9. The van der Waals surface area contributed by atoms with Gasteiger partial charge in [-0.3, -0.25) is 20.4 Å². The summed E-state index contributed by atoms with van der Waals surface area (Å²) in [7, 11) is 3.33. The van der Waals surface area contributed by atoms with E-state index in [1.165, 1.54) is 19.2 Å². The van der Waals surface area contributed by atoms with Crippen LogP contribution in [0, 0.1) is 5.92 Å². The molecule has 0 atom stereocenters. The number of aryl methyl sites for hydroxylation is 1. The van der Waals surface area contributed by atoms with E-state index in [9.17, 15) is 9.59 Å². The highest BCUT2D eigenvalue weighted by atomic mass is 35.5. The Morgan fingerprint density at radius 2 is 1.83 bits per heavy atom. The van der Waals surface area contributed by atoms with Crippen LogP contribution >= 0.6 is 11.6 Å². The lowest BCUT2D eigenvalue weighted by Gasteiger charge is -2.15. The number of nitrogens with one attached hydrogen (secondary N) is 2. The van der Waals surface area contributed by atoms with E-state index in [-0.39, 0.29) is 10.6 Å². The lowest BCUT2D eigenvalue weighted by atomic mass is 10.1. The van der Waals surface area contributed by atoms with E-state index in [0.717, 1.165) is 10.9 Å². The third-order valence-corrected chi connectivity index (χ3v) is 4.76. The molecule has 158 valence electrons. The number of hydrazine groups is 1. The molecule has 3 rings (SSSR count). The molecule has 0 aliphatic rings. The molecule has 2 aromatic carbocycles. The number of hydrogen-bond donors (Lipinski definition) is 2. The third-order valence-electron chi connectivity index (χ3n) is 4.48. The molecule has 1 aromatic heterocycles. The number of methoxy groups -OCH3 is 1. The lowest BCUT2D eigenvalue weighted by molar-refractivity contribution is 0.0847. The highest BCUT2D eigenvalue weighted by Crippen LogP contribution is 2.36. The average molecular weight is 430 g/mol. The van der Waals surface area contributed by atoms with Crippen molar-refractivity contribution in [2.45, 2.75) is 13.8 Å². The standard InChI is InChI=1S/C22H24ClN3O4/c1-13(2)12-30-20-17(23)9-14(10-19(20)29-4)21(27)24-25-22(28)16-11-26(3)18-8-6-5-7-15(16)18/h5-11,13H,12H2,1-4H3,(H,24,27)(H,25,28). The summed E-state index contributed by atoms with van der Waals surface area (Å²) in [6.07, 6.45) is 1.72. The molecule has 0 saturated heterocycles. The molecule has 2 N–H and O–H groups in total. The van der Waals surface area contributed by atoms with Crippen molar-refractivity contribution in [3.05, 3.63) is 58.7 Å². The van der Waals surface area contributed by atoms with Crippen LogP contribution < -0.4 is 20.3 Å². The maximum absolute atomic E-state index is 12.6. The molecule has 0 bridgehead atoms. The molecule has 0 spiro atoms. The predicted molar refractivity (Wildman–Crippen MR) is 116 cm³/mol. The molecule has 0 aliphatic carbocycles. The van der Waals surface area contributed by atoms with Crippen molar-refractivity contribution in [2.75, 3.05) is 13.7 Å². The van der Waals surface area contributed by atoms with Crippen LogP contribution in [0.4, 0.5) is 0 Å². The van der Waals surface area contributed by atoms with Gasteiger partial charge in [-0.15, -0.1) is 0 Å². The van der Waals surface area contributed by atoms with E-state index in [1.807, 2.05) is 49.7 Å². The van der Waals surface area contributed by atoms with Gasteiger partial charge in [0.1, 0.15) is 0 Å². The summed E-state index contributed by atoms with van der Waals surface area (Å²) in [6, 6.07) is 10.5. The summed E-state index contributed by atoms with van der Waals surface area (Å²) in [5.74, 6) is 0.0743. The van der Waals surface area contributed by atoms with E-state index in [4.69, 9.17) is 21.1 Å². The molecule has 1 heterocycles. The molecular weight excluding hydrogens is 406 g/mol. The number of carbonyl (C=O) groups excluding carboxylic acids is 2. The monoisotopic (exact) mass is 429 g/mol. The zero-order valence-corrected chi connectivity index (χ0v) is 18.0. The van der Waals surface area contributed by atoms with Gasteiger partial charge in [0, 0.05) is 29.7 Å². The Labute approximate surface area is 179 Å². The minimum Gasteiger partial charge on any atom is -0.493 e. The molecule has 0 unspecified atom stereocenters. The number of benzene rings is 2. The zero-order chi connectivity index (χ0) is 21.8. The van der Waals surface area contributed by atoms with Crippen LogP contribution in [-0.2, 0) is 7.05 Å². The number of hydrogen-bond acceptors (Lipinski definition) is 4. The van der Waals surface area contributed by atoms with Gasteiger partial charge in [-0.1, -0.05) is 43.6 Å². The number of para-hydroxylation sites is 1. The molecule has 0 aliphatic heterocycles. The van der Waals surface area contributed by atoms with Crippen LogP contribution in [0.1, 0.15) is 34.6 Å². The van der Waals surface area contributed by atoms with Crippen LogP contribution in [0.25, 0.3) is 10.9 Å². The summed E-state index contributed by atoms with van der Waals surface area (Å²) in [5, 5.41) is 1.05. The Kier molecular flexibility index (Phi) is 6.52. The van der Waals surface area contributed by atoms with Gasteiger partial charge in [-0.25, -0.2) is 0 Å². The van der Waals surface area contributed by atoms with Crippen molar-refractivity contribution >= 4 is 34.3 Å². The van der Waals surface area contributed by atoms with Crippen LogP contribution in [0.2, 0.25) is 5.02 Å². The Bertz CT molecular complexity index is 1090. The number of ether oxygens (including phenoxy) is 2. The molecule has 30 heavy (non-hydrogen) atoms. The molecule has 0 fully saturated rings. The van der Waals surface area contributed by atoms with Gasteiger partial charge >= 0.3 is 0 Å². The Morgan fingerprint density at radius 1 is 1.13 bits per heavy atom. The highest BCUT2D eigenvalue weighted by molar-refractivity contribution is 6.32. The Morgan fingerprint density at radius 3 is 2.53 bits per heavy atom. The van der Waals surface area contributed by atoms with Gasteiger partial charge in [-0.05, 0) is 24.1 Å². The van der Waals surface area contributed by atoms with E-state index < -0.39 is 11.8 Å². The molecule has 0 saturated carbocycles.